The molecule has 0 aliphatic heterocycles. The molecule has 0 atom stereocenters. The van der Waals surface area contributed by atoms with Crippen molar-refractivity contribution in [2.75, 3.05) is 0 Å². The number of pyridine rings is 1. The monoisotopic (exact) mass is 417 g/mol. The number of hydrogen-bond donors (Lipinski definition) is 0. The van der Waals surface area contributed by atoms with Crippen LogP contribution in [0.5, 0.6) is 5.88 Å². The number of aromatic nitrogens is 7. The van der Waals surface area contributed by atoms with Crippen LogP contribution in [-0.4, -0.2) is 34.7 Å². The average Bonchev–Trinajstić information content (AvgIpc) is 3.07. The van der Waals surface area contributed by atoms with E-state index in [0.29, 0.717) is 17.4 Å². The van der Waals surface area contributed by atoms with Gasteiger partial charge in [0.15, 0.2) is 5.82 Å². The first-order chi connectivity index (χ1) is 14.8. The second-order valence-corrected chi connectivity index (χ2v) is 7.42. The van der Waals surface area contributed by atoms with Gasteiger partial charge in [0.05, 0.1) is 11.4 Å². The zero-order chi connectivity index (χ0) is 22.1. The molecule has 0 saturated carbocycles. The third kappa shape index (κ3) is 3.94. The van der Waals surface area contributed by atoms with E-state index in [0.717, 1.165) is 33.6 Å². The van der Waals surface area contributed by atoms with Gasteiger partial charge in [-0.1, -0.05) is 12.1 Å². The minimum atomic E-state index is -0.320. The number of nitrogens with zero attached hydrogens (tertiary/aromatic N) is 7. The molecule has 0 aliphatic rings. The third-order valence-corrected chi connectivity index (χ3v) is 5.08. The summed E-state index contributed by atoms with van der Waals surface area (Å²) in [5.74, 6) is 1.16. The Labute approximate surface area is 179 Å². The maximum atomic E-state index is 12.3. The molecule has 9 heteroatoms. The van der Waals surface area contributed by atoms with E-state index in [1.54, 1.807) is 13.2 Å². The number of ether oxygens (including phenoxy) is 1. The molecule has 4 aromatic rings. The quantitative estimate of drug-likeness (QED) is 0.492. The minimum Gasteiger partial charge on any atom is -0.473 e. The Balaban J connectivity index is 1.66. The lowest BCUT2D eigenvalue weighted by Crippen LogP contribution is -2.23. The molecule has 4 rings (SSSR count). The number of tetrazole rings is 1. The van der Waals surface area contributed by atoms with Crippen LogP contribution in [-0.2, 0) is 13.7 Å². The van der Waals surface area contributed by atoms with Gasteiger partial charge in [-0.05, 0) is 61.9 Å². The summed E-state index contributed by atoms with van der Waals surface area (Å²) in [6.07, 6.45) is 1.74. The van der Waals surface area contributed by atoms with Gasteiger partial charge in [0.1, 0.15) is 6.61 Å². The molecule has 0 spiro atoms. The molecule has 0 N–H and O–H groups in total. The highest BCUT2D eigenvalue weighted by Gasteiger charge is 2.16. The van der Waals surface area contributed by atoms with Crippen molar-refractivity contribution in [3.05, 3.63) is 75.1 Å². The van der Waals surface area contributed by atoms with Gasteiger partial charge in [0, 0.05) is 35.6 Å². The molecule has 3 aromatic heterocycles. The molecule has 0 fully saturated rings. The van der Waals surface area contributed by atoms with Gasteiger partial charge in [-0.25, -0.2) is 19.7 Å². The van der Waals surface area contributed by atoms with Gasteiger partial charge in [-0.3, -0.25) is 0 Å². The first-order valence-electron chi connectivity index (χ1n) is 9.84. The summed E-state index contributed by atoms with van der Waals surface area (Å²) in [7, 11) is 1.56. The second kappa shape index (κ2) is 8.10. The topological polar surface area (TPSA) is 101 Å². The minimum absolute atomic E-state index is 0.235. The van der Waals surface area contributed by atoms with E-state index in [2.05, 4.69) is 25.4 Å². The van der Waals surface area contributed by atoms with Crippen LogP contribution in [0.1, 0.15) is 28.1 Å². The maximum absolute atomic E-state index is 12.3. The van der Waals surface area contributed by atoms with Crippen molar-refractivity contribution in [1.82, 2.24) is 34.7 Å². The van der Waals surface area contributed by atoms with E-state index in [4.69, 9.17) is 4.74 Å². The highest BCUT2D eigenvalue weighted by molar-refractivity contribution is 5.60. The normalized spacial score (nSPS) is 11.0. The van der Waals surface area contributed by atoms with Gasteiger partial charge in [0.25, 0.3) is 0 Å². The first kappa shape index (κ1) is 20.4. The molecule has 31 heavy (non-hydrogen) atoms. The lowest BCUT2D eigenvalue weighted by Gasteiger charge is -2.15. The highest BCUT2D eigenvalue weighted by atomic mass is 16.5. The van der Waals surface area contributed by atoms with Crippen LogP contribution in [0.3, 0.4) is 0 Å². The Morgan fingerprint density at radius 3 is 2.52 bits per heavy atom. The lowest BCUT2D eigenvalue weighted by atomic mass is 10.1. The van der Waals surface area contributed by atoms with E-state index in [9.17, 15) is 4.79 Å². The lowest BCUT2D eigenvalue weighted by molar-refractivity contribution is 0.290. The van der Waals surface area contributed by atoms with Gasteiger partial charge >= 0.3 is 5.69 Å². The highest BCUT2D eigenvalue weighted by Crippen LogP contribution is 2.27. The van der Waals surface area contributed by atoms with E-state index < -0.39 is 0 Å². The molecule has 1 aromatic carbocycles. The maximum Gasteiger partial charge on any atom is 0.368 e. The number of hydrogen-bond acceptors (Lipinski definition) is 7. The Kier molecular flexibility index (Phi) is 5.33. The van der Waals surface area contributed by atoms with E-state index in [1.807, 2.05) is 58.0 Å². The van der Waals surface area contributed by atoms with Crippen molar-refractivity contribution in [1.29, 1.82) is 0 Å². The van der Waals surface area contributed by atoms with Crippen molar-refractivity contribution >= 4 is 0 Å². The van der Waals surface area contributed by atoms with Crippen LogP contribution < -0.4 is 10.4 Å². The molecule has 0 aliphatic carbocycles. The second-order valence-electron chi connectivity index (χ2n) is 7.42. The molecule has 158 valence electrons. The largest absolute Gasteiger partial charge is 0.473 e. The molecule has 3 heterocycles. The Morgan fingerprint density at radius 2 is 1.81 bits per heavy atom. The van der Waals surface area contributed by atoms with Crippen molar-refractivity contribution in [3.8, 4) is 23.0 Å². The number of rotatable bonds is 5. The molecule has 0 unspecified atom stereocenters. The van der Waals surface area contributed by atoms with E-state index in [-0.39, 0.29) is 12.3 Å². The van der Waals surface area contributed by atoms with Crippen molar-refractivity contribution in [2.45, 2.75) is 34.3 Å². The van der Waals surface area contributed by atoms with Crippen LogP contribution in [0.25, 0.3) is 17.1 Å². The first-order valence-corrected chi connectivity index (χ1v) is 9.84. The number of benzene rings is 1. The summed E-state index contributed by atoms with van der Waals surface area (Å²) in [4.78, 5) is 25.8. The van der Waals surface area contributed by atoms with Crippen molar-refractivity contribution in [3.63, 3.8) is 0 Å². The fourth-order valence-electron chi connectivity index (χ4n) is 3.31. The van der Waals surface area contributed by atoms with Crippen LogP contribution >= 0.6 is 0 Å². The molecule has 0 saturated heterocycles. The Bertz CT molecular complexity index is 1320. The molecule has 0 amide bonds. The van der Waals surface area contributed by atoms with Gasteiger partial charge in [-0.15, -0.1) is 0 Å². The summed E-state index contributed by atoms with van der Waals surface area (Å²) >= 11 is 0. The van der Waals surface area contributed by atoms with Crippen LogP contribution in [0.15, 0.2) is 41.3 Å². The fraction of sp³-hybridized carbons (Fsp3) is 0.273. The Hall–Kier alpha value is -3.88. The zero-order valence-electron chi connectivity index (χ0n) is 18.1. The third-order valence-electron chi connectivity index (χ3n) is 5.08. The average molecular weight is 417 g/mol. The molecule has 0 bridgehead atoms. The van der Waals surface area contributed by atoms with Crippen molar-refractivity contribution in [2.24, 2.45) is 7.05 Å². The standard InChI is InChI=1S/C22H23N7O2/c1-13-7-6-8-19(29-22(30)28(5)26-27-29)18(13)12-31-21-14(2)11-17(16(4)25-21)20-23-10-9-15(3)24-20/h6-11H,12H2,1-5H3. The molecule has 9 nitrogen and oxygen atoms in total. The van der Waals surface area contributed by atoms with Gasteiger partial charge in [0.2, 0.25) is 5.88 Å². The van der Waals surface area contributed by atoms with Crippen molar-refractivity contribution < 1.29 is 4.74 Å². The predicted octanol–water partition coefficient (Wildman–Crippen LogP) is 2.63. The van der Waals surface area contributed by atoms with E-state index in [1.165, 1.54) is 9.36 Å². The van der Waals surface area contributed by atoms with Gasteiger partial charge < -0.3 is 4.74 Å². The Morgan fingerprint density at radius 1 is 1.00 bits per heavy atom. The molecular weight excluding hydrogens is 394 g/mol. The number of aryl methyl sites for hydroxylation is 5. The summed E-state index contributed by atoms with van der Waals surface area (Å²) < 4.78 is 8.55. The zero-order valence-corrected chi connectivity index (χ0v) is 18.1. The summed E-state index contributed by atoms with van der Waals surface area (Å²) in [5.41, 5.74) is 5.56. The van der Waals surface area contributed by atoms with Crippen LogP contribution in [0.4, 0.5) is 0 Å². The summed E-state index contributed by atoms with van der Waals surface area (Å²) in [5, 5.41) is 7.76. The van der Waals surface area contributed by atoms with Crippen LogP contribution in [0, 0.1) is 27.7 Å². The van der Waals surface area contributed by atoms with E-state index >= 15 is 0 Å². The van der Waals surface area contributed by atoms with Gasteiger partial charge in [-0.2, -0.15) is 9.36 Å². The summed E-state index contributed by atoms with van der Waals surface area (Å²) in [6.45, 7) is 7.98. The smallest absolute Gasteiger partial charge is 0.368 e. The molecule has 0 radical (unpaired) electrons. The predicted molar refractivity (Wildman–Crippen MR) is 115 cm³/mol. The molecular formula is C22H23N7O2. The fourth-order valence-corrected chi connectivity index (χ4v) is 3.31. The summed E-state index contributed by atoms with van der Waals surface area (Å²) in [6, 6.07) is 9.51. The SMILES string of the molecule is Cc1ccnc(-c2cc(C)c(OCc3c(C)cccc3-n3nnn(C)c3=O)nc2C)n1. The van der Waals surface area contributed by atoms with Crippen LogP contribution in [0.2, 0.25) is 0 Å².